The topological polar surface area (TPSA) is 61.8 Å². The first-order chi connectivity index (χ1) is 8.60. The molecule has 0 amide bonds. The van der Waals surface area contributed by atoms with Crippen LogP contribution in [0.25, 0.3) is 0 Å². The molecule has 0 heterocycles. The second-order valence-corrected chi connectivity index (χ2v) is 4.10. The third kappa shape index (κ3) is 2.53. The Bertz CT molecular complexity index is 614. The number of nitrogen functional groups attached to an aromatic ring is 1. The molecule has 0 atom stereocenters. The number of hydrogen-bond donors (Lipinski definition) is 2. The molecule has 0 unspecified atom stereocenters. The molecule has 0 saturated carbocycles. The molecule has 0 saturated heterocycles. The number of nitriles is 1. The Balaban J connectivity index is 2.37. The van der Waals surface area contributed by atoms with Crippen LogP contribution in [0.4, 0.5) is 21.5 Å². The van der Waals surface area contributed by atoms with Gasteiger partial charge in [0.05, 0.1) is 16.9 Å². The summed E-state index contributed by atoms with van der Waals surface area (Å²) < 4.78 is 13.2. The maximum Gasteiger partial charge on any atom is 0.126 e. The Kier molecular flexibility index (Phi) is 3.35. The predicted octanol–water partition coefficient (Wildman–Crippen LogP) is 3.68. The fraction of sp³-hybridized carbons (Fsp3) is 0. The molecule has 0 aliphatic heterocycles. The maximum absolute atomic E-state index is 13.2. The molecular weight excluding hydrogens is 253 g/mol. The van der Waals surface area contributed by atoms with Crippen LogP contribution in [0.3, 0.4) is 0 Å². The highest BCUT2D eigenvalue weighted by Crippen LogP contribution is 2.27. The summed E-state index contributed by atoms with van der Waals surface area (Å²) in [6, 6.07) is 11.1. The Morgan fingerprint density at radius 2 is 2.06 bits per heavy atom. The normalized spacial score (nSPS) is 9.83. The van der Waals surface area contributed by atoms with Crippen molar-refractivity contribution in [2.45, 2.75) is 0 Å². The molecule has 3 nitrogen and oxygen atoms in total. The molecule has 0 aliphatic rings. The maximum atomic E-state index is 13.2. The highest BCUT2D eigenvalue weighted by Gasteiger charge is 2.05. The first-order valence-electron chi connectivity index (χ1n) is 5.12. The van der Waals surface area contributed by atoms with Crippen LogP contribution in [0, 0.1) is 17.1 Å². The van der Waals surface area contributed by atoms with Crippen LogP contribution in [0.15, 0.2) is 36.4 Å². The van der Waals surface area contributed by atoms with Crippen LogP contribution >= 0.6 is 11.6 Å². The molecule has 2 aromatic rings. The van der Waals surface area contributed by atoms with Crippen LogP contribution in [0.1, 0.15) is 5.56 Å². The number of rotatable bonds is 2. The number of anilines is 3. The van der Waals surface area contributed by atoms with Gasteiger partial charge in [-0.05, 0) is 30.3 Å². The molecule has 0 aromatic heterocycles. The van der Waals surface area contributed by atoms with E-state index in [1.54, 1.807) is 24.3 Å². The molecule has 0 aliphatic carbocycles. The van der Waals surface area contributed by atoms with Gasteiger partial charge in [0, 0.05) is 10.7 Å². The Hall–Kier alpha value is -2.25. The Morgan fingerprint density at radius 3 is 2.72 bits per heavy atom. The van der Waals surface area contributed by atoms with Gasteiger partial charge in [-0.25, -0.2) is 4.39 Å². The summed E-state index contributed by atoms with van der Waals surface area (Å²) in [5.41, 5.74) is 7.50. The van der Waals surface area contributed by atoms with E-state index in [1.807, 2.05) is 6.07 Å². The zero-order valence-corrected chi connectivity index (χ0v) is 10.0. The molecule has 3 N–H and O–H groups in total. The van der Waals surface area contributed by atoms with Crippen LogP contribution in [0.5, 0.6) is 0 Å². The lowest BCUT2D eigenvalue weighted by Gasteiger charge is -2.10. The quantitative estimate of drug-likeness (QED) is 0.811. The summed E-state index contributed by atoms with van der Waals surface area (Å²) in [6.45, 7) is 0. The fourth-order valence-corrected chi connectivity index (χ4v) is 1.77. The number of nitrogens with zero attached hydrogens (tertiary/aromatic N) is 1. The van der Waals surface area contributed by atoms with Crippen molar-refractivity contribution in [3.05, 3.63) is 52.8 Å². The standard InChI is InChI=1S/C13H9ClFN3/c14-9-4-10(15)6-11(5-9)18-12-3-1-2-8(7-16)13(12)17/h1-6,18H,17H2. The van der Waals surface area contributed by atoms with Gasteiger partial charge in [-0.2, -0.15) is 5.26 Å². The van der Waals surface area contributed by atoms with E-state index in [4.69, 9.17) is 22.6 Å². The second kappa shape index (κ2) is 4.94. The molecule has 0 bridgehead atoms. The summed E-state index contributed by atoms with van der Waals surface area (Å²) in [7, 11) is 0. The Labute approximate surface area is 109 Å². The fourth-order valence-electron chi connectivity index (χ4n) is 1.55. The average Bonchev–Trinajstić information content (AvgIpc) is 2.30. The van der Waals surface area contributed by atoms with E-state index in [1.165, 1.54) is 12.1 Å². The predicted molar refractivity (Wildman–Crippen MR) is 70.3 cm³/mol. The zero-order valence-electron chi connectivity index (χ0n) is 9.24. The molecule has 0 radical (unpaired) electrons. The Morgan fingerprint density at radius 1 is 1.28 bits per heavy atom. The molecule has 2 rings (SSSR count). The third-order valence-corrected chi connectivity index (χ3v) is 2.59. The van der Waals surface area contributed by atoms with E-state index < -0.39 is 5.82 Å². The monoisotopic (exact) mass is 261 g/mol. The van der Waals surface area contributed by atoms with E-state index in [0.29, 0.717) is 22.6 Å². The summed E-state index contributed by atoms with van der Waals surface area (Å²) in [5.74, 6) is -0.444. The third-order valence-electron chi connectivity index (χ3n) is 2.37. The van der Waals surface area contributed by atoms with E-state index >= 15 is 0 Å². The van der Waals surface area contributed by atoms with Gasteiger partial charge < -0.3 is 11.1 Å². The molecule has 5 heteroatoms. The molecule has 90 valence electrons. The lowest BCUT2D eigenvalue weighted by Crippen LogP contribution is -1.99. The van der Waals surface area contributed by atoms with E-state index in [-0.39, 0.29) is 5.02 Å². The van der Waals surface area contributed by atoms with Crippen molar-refractivity contribution >= 4 is 28.7 Å². The van der Waals surface area contributed by atoms with Gasteiger partial charge in [0.15, 0.2) is 0 Å². The molecule has 0 spiro atoms. The number of para-hydroxylation sites is 1. The first-order valence-corrected chi connectivity index (χ1v) is 5.49. The van der Waals surface area contributed by atoms with Gasteiger partial charge in [-0.1, -0.05) is 17.7 Å². The minimum absolute atomic E-state index is 0.285. The van der Waals surface area contributed by atoms with E-state index in [9.17, 15) is 4.39 Å². The van der Waals surface area contributed by atoms with Crippen LogP contribution in [-0.4, -0.2) is 0 Å². The van der Waals surface area contributed by atoms with Crippen molar-refractivity contribution in [3.63, 3.8) is 0 Å². The number of halogens is 2. The first kappa shape index (κ1) is 12.2. The highest BCUT2D eigenvalue weighted by molar-refractivity contribution is 6.30. The summed E-state index contributed by atoms with van der Waals surface area (Å²) in [4.78, 5) is 0. The van der Waals surface area contributed by atoms with Gasteiger partial charge in [0.25, 0.3) is 0 Å². The van der Waals surface area contributed by atoms with Gasteiger partial charge in [-0.15, -0.1) is 0 Å². The van der Waals surface area contributed by atoms with Crippen molar-refractivity contribution < 1.29 is 4.39 Å². The van der Waals surface area contributed by atoms with Crippen molar-refractivity contribution in [2.75, 3.05) is 11.1 Å². The van der Waals surface area contributed by atoms with Crippen LogP contribution in [0.2, 0.25) is 5.02 Å². The molecule has 0 fully saturated rings. The van der Waals surface area contributed by atoms with Gasteiger partial charge in [0.2, 0.25) is 0 Å². The number of nitrogens with two attached hydrogens (primary N) is 1. The van der Waals surface area contributed by atoms with Crippen LogP contribution < -0.4 is 11.1 Å². The summed E-state index contributed by atoms with van der Waals surface area (Å²) >= 11 is 5.75. The smallest absolute Gasteiger partial charge is 0.126 e. The van der Waals surface area contributed by atoms with Crippen molar-refractivity contribution in [1.29, 1.82) is 5.26 Å². The lowest BCUT2D eigenvalue weighted by molar-refractivity contribution is 0.628. The molecule has 18 heavy (non-hydrogen) atoms. The lowest BCUT2D eigenvalue weighted by atomic mass is 10.1. The van der Waals surface area contributed by atoms with Gasteiger partial charge in [-0.3, -0.25) is 0 Å². The van der Waals surface area contributed by atoms with E-state index in [2.05, 4.69) is 5.32 Å². The second-order valence-electron chi connectivity index (χ2n) is 3.66. The van der Waals surface area contributed by atoms with Gasteiger partial charge in [0.1, 0.15) is 11.9 Å². The number of nitrogens with one attached hydrogen (secondary N) is 1. The van der Waals surface area contributed by atoms with Crippen LogP contribution in [-0.2, 0) is 0 Å². The summed E-state index contributed by atoms with van der Waals surface area (Å²) in [5, 5.41) is 12.1. The molecular formula is C13H9ClFN3. The van der Waals surface area contributed by atoms with Crippen molar-refractivity contribution in [3.8, 4) is 6.07 Å². The van der Waals surface area contributed by atoms with E-state index in [0.717, 1.165) is 0 Å². The summed E-state index contributed by atoms with van der Waals surface area (Å²) in [6.07, 6.45) is 0. The number of hydrogen-bond acceptors (Lipinski definition) is 3. The largest absolute Gasteiger partial charge is 0.396 e. The minimum atomic E-state index is -0.444. The zero-order chi connectivity index (χ0) is 13.1. The molecule has 2 aromatic carbocycles. The van der Waals surface area contributed by atoms with Gasteiger partial charge >= 0.3 is 0 Å². The van der Waals surface area contributed by atoms with Crippen molar-refractivity contribution in [2.24, 2.45) is 0 Å². The number of benzene rings is 2. The SMILES string of the molecule is N#Cc1cccc(Nc2cc(F)cc(Cl)c2)c1N. The minimum Gasteiger partial charge on any atom is -0.396 e. The highest BCUT2D eigenvalue weighted by atomic mass is 35.5. The average molecular weight is 262 g/mol. The van der Waals surface area contributed by atoms with Crippen molar-refractivity contribution in [1.82, 2.24) is 0 Å².